The van der Waals surface area contributed by atoms with Crippen molar-refractivity contribution in [1.29, 1.82) is 0 Å². The molecule has 0 saturated heterocycles. The summed E-state index contributed by atoms with van der Waals surface area (Å²) in [6.45, 7) is 7.57. The average molecular weight is 182 g/mol. The average Bonchev–Trinajstić information content (AvgIpc) is 1.99. The largest absolute Gasteiger partial charge is 0.281 e. The van der Waals surface area contributed by atoms with Crippen LogP contribution in [0, 0.1) is 4.91 Å². The number of hydrogen-bond acceptors (Lipinski definition) is 4. The van der Waals surface area contributed by atoms with Crippen molar-refractivity contribution in [3.05, 3.63) is 4.91 Å². The Kier molecular flexibility index (Phi) is 2.19. The molecular formula is C8H14N4O. The summed E-state index contributed by atoms with van der Waals surface area (Å²) in [5, 5.41) is 2.62. The minimum Gasteiger partial charge on any atom is -0.281 e. The highest BCUT2D eigenvalue weighted by Crippen LogP contribution is 2.20. The van der Waals surface area contributed by atoms with Crippen molar-refractivity contribution in [2.45, 2.75) is 38.8 Å². The number of amidine groups is 1. The maximum atomic E-state index is 10.1. The van der Waals surface area contributed by atoms with Crippen LogP contribution in [0.3, 0.4) is 0 Å². The van der Waals surface area contributed by atoms with E-state index in [1.807, 2.05) is 27.7 Å². The minimum absolute atomic E-state index is 0.359. The van der Waals surface area contributed by atoms with Gasteiger partial charge in [-0.1, -0.05) is 0 Å². The molecule has 0 aliphatic carbocycles. The van der Waals surface area contributed by atoms with E-state index in [4.69, 9.17) is 0 Å². The van der Waals surface area contributed by atoms with E-state index in [1.54, 1.807) is 6.21 Å². The fourth-order valence-corrected chi connectivity index (χ4v) is 1.04. The van der Waals surface area contributed by atoms with Crippen LogP contribution in [-0.2, 0) is 0 Å². The van der Waals surface area contributed by atoms with Gasteiger partial charge in [-0.2, -0.15) is 0 Å². The maximum absolute atomic E-state index is 10.1. The first kappa shape index (κ1) is 9.83. The first-order valence-corrected chi connectivity index (χ1v) is 4.12. The number of aliphatic imine (C=N–C) groups is 2. The first-order valence-electron chi connectivity index (χ1n) is 4.12. The second kappa shape index (κ2) is 2.90. The number of nitroso groups, excluding NO2 is 1. The van der Waals surface area contributed by atoms with Crippen LogP contribution < -0.4 is 5.43 Å². The number of hydrogen-bond donors (Lipinski definition) is 1. The third-order valence-corrected chi connectivity index (χ3v) is 1.83. The lowest BCUT2D eigenvalue weighted by Crippen LogP contribution is -2.45. The monoisotopic (exact) mass is 182 g/mol. The van der Waals surface area contributed by atoms with Gasteiger partial charge >= 0.3 is 0 Å². The highest BCUT2D eigenvalue weighted by Gasteiger charge is 2.31. The van der Waals surface area contributed by atoms with Crippen molar-refractivity contribution < 1.29 is 0 Å². The third-order valence-electron chi connectivity index (χ3n) is 1.83. The summed E-state index contributed by atoms with van der Waals surface area (Å²) in [4.78, 5) is 18.7. The zero-order valence-corrected chi connectivity index (χ0v) is 8.33. The van der Waals surface area contributed by atoms with Crippen molar-refractivity contribution in [1.82, 2.24) is 5.43 Å². The second-order valence-electron chi connectivity index (χ2n) is 4.13. The molecular weight excluding hydrogens is 168 g/mol. The number of nitrogens with one attached hydrogen (secondary N) is 1. The minimum atomic E-state index is -0.483. The lowest BCUT2D eigenvalue weighted by Gasteiger charge is -2.29. The lowest BCUT2D eigenvalue weighted by atomic mass is 9.99. The lowest BCUT2D eigenvalue weighted by molar-refractivity contribution is 0.596. The molecule has 0 aromatic heterocycles. The van der Waals surface area contributed by atoms with Crippen molar-refractivity contribution in [2.24, 2.45) is 15.3 Å². The zero-order valence-electron chi connectivity index (χ0n) is 8.33. The second-order valence-corrected chi connectivity index (χ2v) is 4.13. The Morgan fingerprint density at radius 1 is 1.38 bits per heavy atom. The summed E-state index contributed by atoms with van der Waals surface area (Å²) in [5.74, 6) is 0.509. The number of nitrogens with zero attached hydrogens (tertiary/aromatic N) is 3. The normalized spacial score (nSPS) is 23.5. The third kappa shape index (κ3) is 2.11. The SMILES string of the molecule is CC1(C)C=NC(C)(C)C(NN=O)=N1. The Bertz CT molecular complexity index is 278. The molecule has 0 amide bonds. The molecule has 0 fully saturated rings. The molecule has 0 aromatic rings. The van der Waals surface area contributed by atoms with Gasteiger partial charge in [-0.25, -0.2) is 5.43 Å². The van der Waals surface area contributed by atoms with Crippen LogP contribution in [0.4, 0.5) is 0 Å². The molecule has 0 radical (unpaired) electrons. The molecule has 0 bridgehead atoms. The Morgan fingerprint density at radius 2 is 2.00 bits per heavy atom. The van der Waals surface area contributed by atoms with Crippen molar-refractivity contribution >= 4 is 12.1 Å². The van der Waals surface area contributed by atoms with Gasteiger partial charge in [-0.05, 0) is 27.7 Å². The van der Waals surface area contributed by atoms with Gasteiger partial charge in [0.2, 0.25) is 0 Å². The van der Waals surface area contributed by atoms with Gasteiger partial charge in [0.15, 0.2) is 0 Å². The molecule has 5 nitrogen and oxygen atoms in total. The molecule has 0 atom stereocenters. The molecule has 0 saturated carbocycles. The van der Waals surface area contributed by atoms with Crippen molar-refractivity contribution in [2.75, 3.05) is 0 Å². The predicted molar refractivity (Wildman–Crippen MR) is 53.0 cm³/mol. The fraction of sp³-hybridized carbons (Fsp3) is 0.750. The fourth-order valence-electron chi connectivity index (χ4n) is 1.04. The molecule has 0 aromatic carbocycles. The van der Waals surface area contributed by atoms with Crippen LogP contribution in [0.15, 0.2) is 15.3 Å². The van der Waals surface area contributed by atoms with E-state index in [1.165, 1.54) is 0 Å². The summed E-state index contributed by atoms with van der Waals surface area (Å²) in [6, 6.07) is 0. The van der Waals surface area contributed by atoms with Crippen LogP contribution >= 0.6 is 0 Å². The summed E-state index contributed by atoms with van der Waals surface area (Å²) >= 11 is 0. The zero-order chi connectivity index (χ0) is 10.1. The Balaban J connectivity index is 2.99. The van der Waals surface area contributed by atoms with E-state index in [-0.39, 0.29) is 5.54 Å². The van der Waals surface area contributed by atoms with Gasteiger partial charge in [0.25, 0.3) is 0 Å². The van der Waals surface area contributed by atoms with Gasteiger partial charge in [-0.15, -0.1) is 4.91 Å². The quantitative estimate of drug-likeness (QED) is 0.490. The van der Waals surface area contributed by atoms with Crippen LogP contribution in [0.25, 0.3) is 0 Å². The molecule has 1 N–H and O–H groups in total. The summed E-state index contributed by atoms with van der Waals surface area (Å²) < 4.78 is 0. The highest BCUT2D eigenvalue weighted by atomic mass is 16.3. The molecule has 13 heavy (non-hydrogen) atoms. The molecule has 5 heteroatoms. The van der Waals surface area contributed by atoms with Gasteiger partial charge in [0.05, 0.1) is 10.8 Å². The first-order chi connectivity index (χ1) is 5.87. The van der Waals surface area contributed by atoms with E-state index in [9.17, 15) is 4.91 Å². The topological polar surface area (TPSA) is 66.2 Å². The van der Waals surface area contributed by atoms with Gasteiger partial charge < -0.3 is 0 Å². The molecule has 1 heterocycles. The van der Waals surface area contributed by atoms with Crippen LogP contribution in [0.5, 0.6) is 0 Å². The van der Waals surface area contributed by atoms with E-state index in [2.05, 4.69) is 20.7 Å². The van der Waals surface area contributed by atoms with Gasteiger partial charge in [0, 0.05) is 6.21 Å². The van der Waals surface area contributed by atoms with Crippen LogP contribution in [0.2, 0.25) is 0 Å². The molecule has 1 aliphatic heterocycles. The molecule has 1 rings (SSSR count). The summed E-state index contributed by atoms with van der Waals surface area (Å²) in [5.41, 5.74) is 1.49. The van der Waals surface area contributed by atoms with Crippen LogP contribution in [0.1, 0.15) is 27.7 Å². The van der Waals surface area contributed by atoms with E-state index in [0.29, 0.717) is 5.84 Å². The van der Waals surface area contributed by atoms with Gasteiger partial charge in [-0.3, -0.25) is 9.98 Å². The molecule has 0 unspecified atom stereocenters. The van der Waals surface area contributed by atoms with E-state index < -0.39 is 5.54 Å². The molecule has 1 aliphatic rings. The van der Waals surface area contributed by atoms with Crippen molar-refractivity contribution in [3.63, 3.8) is 0 Å². The Hall–Kier alpha value is -1.26. The van der Waals surface area contributed by atoms with Crippen molar-refractivity contribution in [3.8, 4) is 0 Å². The summed E-state index contributed by atoms with van der Waals surface area (Å²) in [6.07, 6.45) is 1.78. The smallest absolute Gasteiger partial charge is 0.148 e. The summed E-state index contributed by atoms with van der Waals surface area (Å²) in [7, 11) is 0. The van der Waals surface area contributed by atoms with E-state index in [0.717, 1.165) is 0 Å². The van der Waals surface area contributed by atoms with Crippen LogP contribution in [-0.4, -0.2) is 23.1 Å². The number of rotatable bonds is 1. The Labute approximate surface area is 77.3 Å². The van der Waals surface area contributed by atoms with E-state index >= 15 is 0 Å². The predicted octanol–water partition coefficient (Wildman–Crippen LogP) is 1.30. The maximum Gasteiger partial charge on any atom is 0.148 e. The Morgan fingerprint density at radius 3 is 2.54 bits per heavy atom. The molecule has 0 spiro atoms. The standard InChI is InChI=1S/C8H14N4O/c1-7(2)5-9-8(3,4)6(10-7)11-12-13/h5H,1-4H3,(H,10,11,13). The highest BCUT2D eigenvalue weighted by molar-refractivity contribution is 5.96. The molecule has 72 valence electrons. The van der Waals surface area contributed by atoms with Gasteiger partial charge in [0.1, 0.15) is 11.4 Å².